The minimum absolute atomic E-state index is 0.136. The van der Waals surface area contributed by atoms with Gasteiger partial charge in [-0.15, -0.1) is 0 Å². The molecule has 3 unspecified atom stereocenters. The summed E-state index contributed by atoms with van der Waals surface area (Å²) in [5.74, 6) is -2.38. The zero-order chi connectivity index (χ0) is 43.5. The van der Waals surface area contributed by atoms with E-state index in [9.17, 15) is 34.1 Å². The second-order valence-electron chi connectivity index (χ2n) is 15.9. The van der Waals surface area contributed by atoms with Crippen molar-refractivity contribution in [2.24, 2.45) is 0 Å². The molecule has 0 aliphatic carbocycles. The Morgan fingerprint density at radius 1 is 0.542 bits per heavy atom. The van der Waals surface area contributed by atoms with Gasteiger partial charge >= 0.3 is 19.8 Å². The first-order chi connectivity index (χ1) is 28.6. The minimum atomic E-state index is -4.76. The number of rotatable bonds is 44. The first-order valence-corrected chi connectivity index (χ1v) is 25.0. The van der Waals surface area contributed by atoms with E-state index in [1.807, 2.05) is 0 Å². The summed E-state index contributed by atoms with van der Waals surface area (Å²) < 4.78 is 26.9. The highest BCUT2D eigenvalue weighted by atomic mass is 31.2. The van der Waals surface area contributed by atoms with Gasteiger partial charge in [-0.2, -0.15) is 0 Å². The Kier molecular flexibility index (Phi) is 40.7. The van der Waals surface area contributed by atoms with Crippen molar-refractivity contribution in [3.63, 3.8) is 0 Å². The number of nitrogens with one attached hydrogen (secondary N) is 1. The van der Waals surface area contributed by atoms with Gasteiger partial charge in [-0.05, 0) is 70.6 Å². The molecule has 0 fully saturated rings. The molecular weight excluding hydrogens is 769 g/mol. The van der Waals surface area contributed by atoms with E-state index in [1.165, 1.54) is 103 Å². The van der Waals surface area contributed by atoms with E-state index in [4.69, 9.17) is 13.8 Å². The fourth-order valence-corrected chi connectivity index (χ4v) is 7.23. The van der Waals surface area contributed by atoms with Crippen LogP contribution in [0.1, 0.15) is 213 Å². The third-order valence-electron chi connectivity index (χ3n) is 10.2. The molecule has 0 saturated carbocycles. The summed E-state index contributed by atoms with van der Waals surface area (Å²) in [6.07, 6.45) is 45.9. The molecule has 0 saturated heterocycles. The van der Waals surface area contributed by atoms with Crippen LogP contribution in [-0.4, -0.2) is 64.9 Å². The molecule has 0 rings (SSSR count). The average molecular weight is 856 g/mol. The third-order valence-corrected chi connectivity index (χ3v) is 11.1. The lowest BCUT2D eigenvalue weighted by atomic mass is 10.1. The number of hydrogen-bond donors (Lipinski definition) is 4. The van der Waals surface area contributed by atoms with E-state index in [-0.39, 0.29) is 12.8 Å². The van der Waals surface area contributed by atoms with Crippen LogP contribution in [0.5, 0.6) is 0 Å². The van der Waals surface area contributed by atoms with Gasteiger partial charge in [0.1, 0.15) is 12.7 Å². The highest BCUT2D eigenvalue weighted by molar-refractivity contribution is 7.47. The Morgan fingerprint density at radius 3 is 1.42 bits per heavy atom. The molecule has 59 heavy (non-hydrogen) atoms. The number of allylic oxidation sites excluding steroid dienone is 6. The number of carboxylic acid groups (broad SMARTS) is 1. The summed E-state index contributed by atoms with van der Waals surface area (Å²) in [5.41, 5.74) is 0. The van der Waals surface area contributed by atoms with Crippen LogP contribution in [0.25, 0.3) is 0 Å². The molecule has 0 bridgehead atoms. The van der Waals surface area contributed by atoms with Crippen molar-refractivity contribution in [1.29, 1.82) is 0 Å². The molecule has 4 N–H and O–H groups in total. The quantitative estimate of drug-likeness (QED) is 0.0200. The summed E-state index contributed by atoms with van der Waals surface area (Å²) in [4.78, 5) is 46.0. The number of phosphoric acid groups is 1. The molecule has 3 atom stereocenters. The topological polar surface area (TPSA) is 169 Å². The highest BCUT2D eigenvalue weighted by Gasteiger charge is 2.28. The van der Waals surface area contributed by atoms with E-state index >= 15 is 0 Å². The third kappa shape index (κ3) is 42.2. The fraction of sp³-hybridized carbons (Fsp3) is 0.809. The molecular formula is C47H86NO10P. The van der Waals surface area contributed by atoms with Crippen LogP contribution < -0.4 is 5.32 Å². The first-order valence-electron chi connectivity index (χ1n) is 23.5. The van der Waals surface area contributed by atoms with E-state index in [1.54, 1.807) is 0 Å². The van der Waals surface area contributed by atoms with Crippen molar-refractivity contribution in [3.8, 4) is 0 Å². The monoisotopic (exact) mass is 856 g/mol. The molecule has 0 radical (unpaired) electrons. The summed E-state index contributed by atoms with van der Waals surface area (Å²) >= 11 is 0. The Labute approximate surface area is 359 Å². The van der Waals surface area contributed by atoms with Crippen molar-refractivity contribution < 1.29 is 47.8 Å². The summed E-state index contributed by atoms with van der Waals surface area (Å²) in [6.45, 7) is 2.57. The lowest BCUT2D eigenvalue weighted by molar-refractivity contribution is -0.147. The second-order valence-corrected chi connectivity index (χ2v) is 17.4. The average Bonchev–Trinajstić information content (AvgIpc) is 3.21. The van der Waals surface area contributed by atoms with Gasteiger partial charge in [0.2, 0.25) is 5.91 Å². The van der Waals surface area contributed by atoms with E-state index in [0.29, 0.717) is 12.8 Å². The molecule has 12 heteroatoms. The van der Waals surface area contributed by atoms with Crippen molar-refractivity contribution >= 4 is 25.7 Å². The van der Waals surface area contributed by atoms with Gasteiger partial charge in [-0.3, -0.25) is 18.6 Å². The van der Waals surface area contributed by atoms with Crippen LogP contribution in [0.3, 0.4) is 0 Å². The standard InChI is InChI=1S/C47H86NO10P/c1-3-5-7-9-11-13-15-17-19-21-22-23-25-27-29-31-33-35-37-39-46(51)56-40-43(49)41-57-59(54,55)58-42-44(47(52)53)48-45(50)38-36-34-32-30-28-26-24-20-18-16-14-12-10-8-6-4-2/h11,13,17,19-20,24,43-44,49H,3-10,12,14-16,18,21-23,25-42H2,1-2H3,(H,48,50)(H,52,53)(H,54,55)/b13-11-,19-17-,24-20-. The number of aliphatic hydroxyl groups excluding tert-OH is 1. The van der Waals surface area contributed by atoms with Crippen molar-refractivity contribution in [3.05, 3.63) is 36.5 Å². The number of carboxylic acids is 1. The maximum absolute atomic E-state index is 12.3. The number of esters is 1. The Bertz CT molecular complexity index is 1140. The first kappa shape index (κ1) is 56.7. The number of ether oxygens (including phenoxy) is 1. The number of carbonyl (C=O) groups excluding carboxylic acids is 2. The largest absolute Gasteiger partial charge is 0.480 e. The molecule has 0 aromatic heterocycles. The van der Waals surface area contributed by atoms with Gasteiger partial charge in [0.15, 0.2) is 6.04 Å². The molecule has 11 nitrogen and oxygen atoms in total. The SMILES string of the molecule is CCCCC/C=C\C/C=C\CCCCCCCCCCCC(=O)OCC(O)COP(=O)(O)OCC(NC(=O)CCCCCCC/C=C\CCCCCCCCC)C(=O)O. The van der Waals surface area contributed by atoms with Crippen LogP contribution in [0.4, 0.5) is 0 Å². The number of hydrogen-bond acceptors (Lipinski definition) is 8. The molecule has 0 aliphatic heterocycles. The minimum Gasteiger partial charge on any atom is -0.480 e. The van der Waals surface area contributed by atoms with Gasteiger partial charge in [0.05, 0.1) is 13.2 Å². The molecule has 0 aromatic carbocycles. The normalized spacial score (nSPS) is 14.0. The zero-order valence-corrected chi connectivity index (χ0v) is 38.2. The van der Waals surface area contributed by atoms with Crippen LogP contribution >= 0.6 is 7.82 Å². The molecule has 0 heterocycles. The number of amides is 1. The maximum atomic E-state index is 12.3. The Morgan fingerprint density at radius 2 is 0.932 bits per heavy atom. The molecule has 1 amide bonds. The lowest BCUT2D eigenvalue weighted by Gasteiger charge is -2.18. The van der Waals surface area contributed by atoms with E-state index in [0.717, 1.165) is 70.6 Å². The highest BCUT2D eigenvalue weighted by Crippen LogP contribution is 2.43. The molecule has 0 spiro atoms. The predicted molar refractivity (Wildman–Crippen MR) is 240 cm³/mol. The number of aliphatic hydroxyl groups is 1. The van der Waals surface area contributed by atoms with Gasteiger partial charge in [0, 0.05) is 12.8 Å². The molecule has 0 aromatic rings. The molecule has 344 valence electrons. The summed E-state index contributed by atoms with van der Waals surface area (Å²) in [5, 5.41) is 21.9. The Hall–Kier alpha value is -2.30. The van der Waals surface area contributed by atoms with Gasteiger partial charge < -0.3 is 25.2 Å². The van der Waals surface area contributed by atoms with E-state index < -0.39 is 57.6 Å². The van der Waals surface area contributed by atoms with Crippen LogP contribution in [0, 0.1) is 0 Å². The number of carbonyl (C=O) groups is 3. The summed E-state index contributed by atoms with van der Waals surface area (Å²) in [6, 6.07) is -1.55. The van der Waals surface area contributed by atoms with Crippen LogP contribution in [0.15, 0.2) is 36.5 Å². The van der Waals surface area contributed by atoms with Gasteiger partial charge in [-0.1, -0.05) is 166 Å². The van der Waals surface area contributed by atoms with Crippen LogP contribution in [0.2, 0.25) is 0 Å². The smallest absolute Gasteiger partial charge is 0.472 e. The van der Waals surface area contributed by atoms with Gasteiger partial charge in [-0.25, -0.2) is 9.36 Å². The number of phosphoric ester groups is 1. The van der Waals surface area contributed by atoms with Crippen LogP contribution in [-0.2, 0) is 32.7 Å². The second kappa shape index (κ2) is 42.4. The molecule has 0 aliphatic rings. The maximum Gasteiger partial charge on any atom is 0.472 e. The number of aliphatic carboxylic acids is 1. The summed E-state index contributed by atoms with van der Waals surface area (Å²) in [7, 11) is -4.76. The number of unbranched alkanes of at least 4 members (excludes halogenated alkanes) is 24. The Balaban J connectivity index is 3.87. The zero-order valence-electron chi connectivity index (χ0n) is 37.3. The van der Waals surface area contributed by atoms with Crippen molar-refractivity contribution in [1.82, 2.24) is 5.32 Å². The lowest BCUT2D eigenvalue weighted by Crippen LogP contribution is -2.43. The van der Waals surface area contributed by atoms with Crippen molar-refractivity contribution in [2.45, 2.75) is 225 Å². The van der Waals surface area contributed by atoms with E-state index in [2.05, 4.69) is 55.6 Å². The fourth-order valence-electron chi connectivity index (χ4n) is 6.46. The van der Waals surface area contributed by atoms with Gasteiger partial charge in [0.25, 0.3) is 0 Å². The van der Waals surface area contributed by atoms with Crippen molar-refractivity contribution in [2.75, 3.05) is 19.8 Å². The predicted octanol–water partition coefficient (Wildman–Crippen LogP) is 12.4.